The van der Waals surface area contributed by atoms with Crippen molar-refractivity contribution in [3.05, 3.63) is 28.6 Å². The maximum Gasteiger partial charge on any atom is 0.0607 e. The summed E-state index contributed by atoms with van der Waals surface area (Å²) in [5.74, 6) is 0. The molecular weight excluding hydrogens is 198 g/mol. The molecule has 86 valence electrons. The van der Waals surface area contributed by atoms with Crippen LogP contribution in [0.25, 0.3) is 0 Å². The first kappa shape index (κ1) is 10.2. The maximum absolute atomic E-state index is 6.12. The first-order valence-electron chi connectivity index (χ1n) is 6.29. The van der Waals surface area contributed by atoms with Gasteiger partial charge in [0.25, 0.3) is 0 Å². The zero-order valence-electron chi connectivity index (χ0n) is 9.58. The molecule has 2 atom stereocenters. The van der Waals surface area contributed by atoms with E-state index in [2.05, 4.69) is 6.07 Å². The third-order valence-corrected chi connectivity index (χ3v) is 3.87. The van der Waals surface area contributed by atoms with E-state index in [1.807, 2.05) is 0 Å². The topological polar surface area (TPSA) is 64.9 Å². The van der Waals surface area contributed by atoms with Crippen molar-refractivity contribution in [2.24, 2.45) is 11.5 Å². The summed E-state index contributed by atoms with van der Waals surface area (Å²) < 4.78 is 0. The van der Waals surface area contributed by atoms with Gasteiger partial charge in [0, 0.05) is 12.1 Å². The predicted octanol–water partition coefficient (Wildman–Crippen LogP) is 1.75. The van der Waals surface area contributed by atoms with Crippen LogP contribution < -0.4 is 11.5 Å². The van der Waals surface area contributed by atoms with Crippen molar-refractivity contribution in [1.82, 2.24) is 4.98 Å². The van der Waals surface area contributed by atoms with Gasteiger partial charge in [-0.15, -0.1) is 0 Å². The van der Waals surface area contributed by atoms with Crippen molar-refractivity contribution >= 4 is 0 Å². The van der Waals surface area contributed by atoms with Gasteiger partial charge in [-0.2, -0.15) is 0 Å². The lowest BCUT2D eigenvalue weighted by Gasteiger charge is -2.27. The zero-order valence-corrected chi connectivity index (χ0v) is 9.58. The van der Waals surface area contributed by atoms with Gasteiger partial charge in [0.2, 0.25) is 0 Å². The minimum atomic E-state index is 0.128. The molecule has 0 fully saturated rings. The minimum Gasteiger partial charge on any atom is -0.323 e. The third kappa shape index (κ3) is 1.55. The van der Waals surface area contributed by atoms with Crippen LogP contribution in [-0.2, 0) is 12.8 Å². The fourth-order valence-electron chi connectivity index (χ4n) is 2.97. The molecule has 0 aliphatic heterocycles. The van der Waals surface area contributed by atoms with E-state index in [9.17, 15) is 0 Å². The van der Waals surface area contributed by atoms with Crippen molar-refractivity contribution in [3.63, 3.8) is 0 Å². The smallest absolute Gasteiger partial charge is 0.0607 e. The summed E-state index contributed by atoms with van der Waals surface area (Å²) in [4.78, 5) is 4.77. The van der Waals surface area contributed by atoms with Gasteiger partial charge in [-0.25, -0.2) is 0 Å². The summed E-state index contributed by atoms with van der Waals surface area (Å²) in [5.41, 5.74) is 17.2. The lowest BCUT2D eigenvalue weighted by Crippen LogP contribution is -2.25. The van der Waals surface area contributed by atoms with Crippen molar-refractivity contribution in [2.45, 2.75) is 50.6 Å². The van der Waals surface area contributed by atoms with Gasteiger partial charge < -0.3 is 11.5 Å². The van der Waals surface area contributed by atoms with Gasteiger partial charge in [-0.3, -0.25) is 4.98 Å². The van der Waals surface area contributed by atoms with Gasteiger partial charge in [-0.1, -0.05) is 6.07 Å². The summed E-state index contributed by atoms with van der Waals surface area (Å²) in [6.07, 6.45) is 6.79. The molecule has 3 heteroatoms. The standard InChI is InChI=1S/C13H19N3/c14-10-5-1-3-8-7-9-4-2-6-11(15)13(9)16-12(8)10/h7,10-11H,1-6,14-15H2/t10-,11?/m1/s1. The molecule has 1 aromatic rings. The number of pyridine rings is 1. The highest BCUT2D eigenvalue weighted by molar-refractivity contribution is 5.36. The van der Waals surface area contributed by atoms with E-state index in [-0.39, 0.29) is 12.1 Å². The Morgan fingerprint density at radius 1 is 0.938 bits per heavy atom. The highest BCUT2D eigenvalue weighted by Gasteiger charge is 2.24. The number of rotatable bonds is 0. The Balaban J connectivity index is 2.10. The second-order valence-electron chi connectivity index (χ2n) is 5.07. The molecule has 3 rings (SSSR count). The molecule has 1 aromatic heterocycles. The summed E-state index contributed by atoms with van der Waals surface area (Å²) in [5, 5.41) is 0. The van der Waals surface area contributed by atoms with Crippen molar-refractivity contribution in [3.8, 4) is 0 Å². The Kier molecular flexibility index (Phi) is 2.45. The monoisotopic (exact) mass is 217 g/mol. The predicted molar refractivity (Wildman–Crippen MR) is 64.0 cm³/mol. The van der Waals surface area contributed by atoms with Gasteiger partial charge >= 0.3 is 0 Å². The van der Waals surface area contributed by atoms with E-state index in [0.29, 0.717) is 0 Å². The minimum absolute atomic E-state index is 0.128. The van der Waals surface area contributed by atoms with E-state index in [1.165, 1.54) is 24.0 Å². The van der Waals surface area contributed by atoms with Gasteiger partial charge in [-0.05, 0) is 49.7 Å². The van der Waals surface area contributed by atoms with Gasteiger partial charge in [0.1, 0.15) is 0 Å². The largest absolute Gasteiger partial charge is 0.323 e. The molecule has 1 unspecified atom stereocenters. The normalized spacial score (nSPS) is 28.4. The van der Waals surface area contributed by atoms with E-state index in [1.54, 1.807) is 0 Å². The van der Waals surface area contributed by atoms with Gasteiger partial charge in [0.05, 0.1) is 11.4 Å². The summed E-state index contributed by atoms with van der Waals surface area (Å²) in [7, 11) is 0. The van der Waals surface area contributed by atoms with Crippen LogP contribution in [0.5, 0.6) is 0 Å². The molecule has 0 spiro atoms. The first-order valence-corrected chi connectivity index (χ1v) is 6.29. The molecule has 0 bridgehead atoms. The molecule has 2 aliphatic carbocycles. The molecule has 4 N–H and O–H groups in total. The quantitative estimate of drug-likeness (QED) is 0.696. The summed E-state index contributed by atoms with van der Waals surface area (Å²) in [6.45, 7) is 0. The molecule has 16 heavy (non-hydrogen) atoms. The van der Waals surface area contributed by atoms with Crippen LogP contribution in [0.2, 0.25) is 0 Å². The van der Waals surface area contributed by atoms with Crippen LogP contribution in [0.1, 0.15) is 60.3 Å². The number of aryl methyl sites for hydroxylation is 2. The first-order chi connectivity index (χ1) is 7.75. The molecule has 0 amide bonds. The highest BCUT2D eigenvalue weighted by Crippen LogP contribution is 2.33. The molecule has 0 saturated carbocycles. The average Bonchev–Trinajstić information content (AvgIpc) is 2.28. The summed E-state index contributed by atoms with van der Waals surface area (Å²) in [6, 6.07) is 2.57. The Morgan fingerprint density at radius 3 is 1.94 bits per heavy atom. The van der Waals surface area contributed by atoms with E-state index < -0.39 is 0 Å². The Hall–Kier alpha value is -0.930. The van der Waals surface area contributed by atoms with Crippen LogP contribution >= 0.6 is 0 Å². The fourth-order valence-corrected chi connectivity index (χ4v) is 2.97. The number of aromatic nitrogens is 1. The number of nitrogens with zero attached hydrogens (tertiary/aromatic N) is 1. The molecule has 2 aliphatic rings. The average molecular weight is 217 g/mol. The number of hydrogen-bond donors (Lipinski definition) is 2. The second kappa shape index (κ2) is 3.82. The van der Waals surface area contributed by atoms with Crippen molar-refractivity contribution < 1.29 is 0 Å². The van der Waals surface area contributed by atoms with Crippen LogP contribution in [0, 0.1) is 0 Å². The lowest BCUT2D eigenvalue weighted by molar-refractivity contribution is 0.517. The molecule has 3 nitrogen and oxygen atoms in total. The molecule has 0 saturated heterocycles. The van der Waals surface area contributed by atoms with Crippen LogP contribution in [0.3, 0.4) is 0 Å². The number of hydrogen-bond acceptors (Lipinski definition) is 3. The Morgan fingerprint density at radius 2 is 1.44 bits per heavy atom. The van der Waals surface area contributed by atoms with E-state index in [4.69, 9.17) is 16.5 Å². The zero-order chi connectivity index (χ0) is 11.1. The Bertz CT molecular complexity index is 379. The van der Waals surface area contributed by atoms with E-state index in [0.717, 1.165) is 37.1 Å². The van der Waals surface area contributed by atoms with Crippen LogP contribution in [0.15, 0.2) is 6.07 Å². The highest BCUT2D eigenvalue weighted by atomic mass is 14.8. The number of fused-ring (bicyclic) bond motifs is 2. The van der Waals surface area contributed by atoms with Gasteiger partial charge in [0.15, 0.2) is 0 Å². The fraction of sp³-hybridized carbons (Fsp3) is 0.615. The SMILES string of the molecule is NC1CCCc2cc3c(nc21)[C@H](N)CCC3. The second-order valence-corrected chi connectivity index (χ2v) is 5.07. The molecular formula is C13H19N3. The lowest BCUT2D eigenvalue weighted by atomic mass is 9.86. The number of nitrogens with two attached hydrogens (primary N) is 2. The third-order valence-electron chi connectivity index (χ3n) is 3.87. The Labute approximate surface area is 96.2 Å². The van der Waals surface area contributed by atoms with Crippen molar-refractivity contribution in [2.75, 3.05) is 0 Å². The molecule has 0 radical (unpaired) electrons. The maximum atomic E-state index is 6.12. The molecule has 0 aromatic carbocycles. The van der Waals surface area contributed by atoms with Crippen LogP contribution in [0.4, 0.5) is 0 Å². The van der Waals surface area contributed by atoms with Crippen LogP contribution in [-0.4, -0.2) is 4.98 Å². The molecule has 1 heterocycles. The summed E-state index contributed by atoms with van der Waals surface area (Å²) >= 11 is 0. The van der Waals surface area contributed by atoms with E-state index >= 15 is 0 Å². The van der Waals surface area contributed by atoms with Crippen molar-refractivity contribution in [1.29, 1.82) is 0 Å².